The van der Waals surface area contributed by atoms with Crippen molar-refractivity contribution >= 4 is 22.5 Å². The first-order valence-corrected chi connectivity index (χ1v) is 13.0. The van der Waals surface area contributed by atoms with Crippen LogP contribution in [0.4, 0.5) is 5.82 Å². The molecule has 1 aliphatic heterocycles. The summed E-state index contributed by atoms with van der Waals surface area (Å²) in [5.74, 6) is 2.12. The highest BCUT2D eigenvalue weighted by Crippen LogP contribution is 2.47. The zero-order valence-corrected chi connectivity index (χ0v) is 22.1. The average Bonchev–Trinajstić information content (AvgIpc) is 3.76. The average molecular weight is 499 g/mol. The van der Waals surface area contributed by atoms with Gasteiger partial charge in [0.05, 0.1) is 31.4 Å². The molecule has 7 nitrogen and oxygen atoms in total. The lowest BCUT2D eigenvalue weighted by Gasteiger charge is -2.41. The molecule has 1 amide bonds. The van der Waals surface area contributed by atoms with Gasteiger partial charge in [-0.1, -0.05) is 18.2 Å². The number of piperazine rings is 1. The van der Waals surface area contributed by atoms with E-state index in [1.54, 1.807) is 14.2 Å². The fourth-order valence-electron chi connectivity index (χ4n) is 5.45. The Balaban J connectivity index is 1.51. The van der Waals surface area contributed by atoms with E-state index in [2.05, 4.69) is 49.1 Å². The third kappa shape index (κ3) is 4.86. The molecule has 192 valence electrons. The molecule has 0 radical (unpaired) electrons. The maximum Gasteiger partial charge on any atom is 0.225 e. The van der Waals surface area contributed by atoms with Crippen molar-refractivity contribution < 1.29 is 14.3 Å². The van der Waals surface area contributed by atoms with Gasteiger partial charge in [0.25, 0.3) is 0 Å². The lowest BCUT2D eigenvalue weighted by molar-refractivity contribution is -0.134. The number of anilines is 1. The Labute approximate surface area is 218 Å². The number of amides is 1. The van der Waals surface area contributed by atoms with Crippen LogP contribution in [-0.2, 0) is 9.53 Å². The SMILES string of the molecule is COCCC(=O)N1CCN(c2nc(C3CC3)c(-c3ccc4cc(OC)ccc4c3)c(C)c2C#N)C[C@H]1C. The number of nitriles is 1. The number of hydrogen-bond acceptors (Lipinski definition) is 6. The first-order chi connectivity index (χ1) is 17.9. The Morgan fingerprint density at radius 2 is 1.89 bits per heavy atom. The van der Waals surface area contributed by atoms with E-state index in [0.29, 0.717) is 44.1 Å². The third-order valence-electron chi connectivity index (χ3n) is 7.64. The second-order valence-electron chi connectivity index (χ2n) is 10.1. The fraction of sp³-hybridized carbons (Fsp3) is 0.433. The lowest BCUT2D eigenvalue weighted by Crippen LogP contribution is -2.54. The number of pyridine rings is 1. The van der Waals surface area contributed by atoms with Crippen molar-refractivity contribution in [2.24, 2.45) is 0 Å². The van der Waals surface area contributed by atoms with E-state index < -0.39 is 0 Å². The van der Waals surface area contributed by atoms with E-state index in [1.165, 1.54) is 0 Å². The highest BCUT2D eigenvalue weighted by molar-refractivity contribution is 5.90. The summed E-state index contributed by atoms with van der Waals surface area (Å²) in [6.07, 6.45) is 2.63. The minimum atomic E-state index is 0.0354. The number of carbonyl (C=O) groups is 1. The second kappa shape index (κ2) is 10.4. The summed E-state index contributed by atoms with van der Waals surface area (Å²) in [5.41, 5.74) is 4.87. The Kier molecular flexibility index (Phi) is 7.03. The number of carbonyl (C=O) groups excluding carboxylic acids is 1. The van der Waals surface area contributed by atoms with Gasteiger partial charge in [-0.3, -0.25) is 4.79 Å². The monoisotopic (exact) mass is 498 g/mol. The van der Waals surface area contributed by atoms with Crippen molar-refractivity contribution in [2.45, 2.75) is 45.1 Å². The van der Waals surface area contributed by atoms with Crippen LogP contribution in [0.25, 0.3) is 21.9 Å². The van der Waals surface area contributed by atoms with Gasteiger partial charge in [0, 0.05) is 44.3 Å². The maximum absolute atomic E-state index is 12.6. The highest BCUT2D eigenvalue weighted by Gasteiger charge is 2.34. The highest BCUT2D eigenvalue weighted by atomic mass is 16.5. The number of ether oxygens (including phenoxy) is 2. The van der Waals surface area contributed by atoms with E-state index >= 15 is 0 Å². The summed E-state index contributed by atoms with van der Waals surface area (Å²) in [5, 5.41) is 12.5. The first-order valence-electron chi connectivity index (χ1n) is 13.0. The number of hydrogen-bond donors (Lipinski definition) is 0. The largest absolute Gasteiger partial charge is 0.497 e. The lowest BCUT2D eigenvalue weighted by atomic mass is 9.92. The van der Waals surface area contributed by atoms with Crippen molar-refractivity contribution in [1.29, 1.82) is 5.26 Å². The van der Waals surface area contributed by atoms with Crippen LogP contribution < -0.4 is 9.64 Å². The van der Waals surface area contributed by atoms with Gasteiger partial charge in [0.1, 0.15) is 17.6 Å². The molecule has 1 saturated heterocycles. The zero-order chi connectivity index (χ0) is 26.1. The molecule has 0 N–H and O–H groups in total. The van der Waals surface area contributed by atoms with Crippen molar-refractivity contribution in [2.75, 3.05) is 45.4 Å². The molecule has 0 unspecified atom stereocenters. The molecular weight excluding hydrogens is 464 g/mol. The molecule has 1 aromatic heterocycles. The Hall–Kier alpha value is -3.63. The van der Waals surface area contributed by atoms with Crippen LogP contribution in [0.3, 0.4) is 0 Å². The molecule has 2 heterocycles. The Bertz CT molecular complexity index is 1380. The molecule has 3 aromatic rings. The summed E-state index contributed by atoms with van der Waals surface area (Å²) < 4.78 is 10.5. The molecule has 1 saturated carbocycles. The molecular formula is C30H34N4O3. The molecule has 0 spiro atoms. The number of fused-ring (bicyclic) bond motifs is 1. The Morgan fingerprint density at radius 3 is 2.57 bits per heavy atom. The van der Waals surface area contributed by atoms with Gasteiger partial charge in [0.2, 0.25) is 5.91 Å². The molecule has 37 heavy (non-hydrogen) atoms. The minimum Gasteiger partial charge on any atom is -0.497 e. The molecule has 2 fully saturated rings. The van der Waals surface area contributed by atoms with Gasteiger partial charge in [-0.2, -0.15) is 5.26 Å². The predicted molar refractivity (Wildman–Crippen MR) is 145 cm³/mol. The minimum absolute atomic E-state index is 0.0354. The van der Waals surface area contributed by atoms with Crippen molar-refractivity contribution in [3.05, 3.63) is 53.2 Å². The van der Waals surface area contributed by atoms with Crippen LogP contribution in [0.15, 0.2) is 36.4 Å². The molecule has 2 aliphatic rings. The fourth-order valence-corrected chi connectivity index (χ4v) is 5.45. The number of benzene rings is 2. The molecule has 2 aromatic carbocycles. The number of aromatic nitrogens is 1. The summed E-state index contributed by atoms with van der Waals surface area (Å²) in [4.78, 5) is 21.9. The molecule has 0 bridgehead atoms. The van der Waals surface area contributed by atoms with Crippen LogP contribution in [0.5, 0.6) is 5.75 Å². The normalized spacial score (nSPS) is 17.6. The van der Waals surface area contributed by atoms with Gasteiger partial charge in [0.15, 0.2) is 0 Å². The zero-order valence-electron chi connectivity index (χ0n) is 22.1. The number of methoxy groups -OCH3 is 2. The van der Waals surface area contributed by atoms with E-state index in [4.69, 9.17) is 14.5 Å². The quantitative estimate of drug-likeness (QED) is 0.454. The molecule has 1 aliphatic carbocycles. The summed E-state index contributed by atoms with van der Waals surface area (Å²) in [6, 6.07) is 15.0. The predicted octanol–water partition coefficient (Wildman–Crippen LogP) is 5.04. The molecule has 5 rings (SSSR count). The van der Waals surface area contributed by atoms with Crippen LogP contribution in [0, 0.1) is 18.3 Å². The van der Waals surface area contributed by atoms with Gasteiger partial charge in [-0.15, -0.1) is 0 Å². The van der Waals surface area contributed by atoms with Crippen molar-refractivity contribution in [3.63, 3.8) is 0 Å². The smallest absolute Gasteiger partial charge is 0.225 e. The molecule has 7 heteroatoms. The van der Waals surface area contributed by atoms with Crippen LogP contribution in [-0.4, -0.2) is 62.3 Å². The van der Waals surface area contributed by atoms with Crippen molar-refractivity contribution in [3.8, 4) is 22.9 Å². The summed E-state index contributed by atoms with van der Waals surface area (Å²) >= 11 is 0. The topological polar surface area (TPSA) is 78.7 Å². The second-order valence-corrected chi connectivity index (χ2v) is 10.1. The van der Waals surface area contributed by atoms with Crippen LogP contribution >= 0.6 is 0 Å². The molecule has 1 atom stereocenters. The Morgan fingerprint density at radius 1 is 1.14 bits per heavy atom. The standard InChI is InChI=1S/C30H34N4O3/c1-19-18-33(12-13-34(19)27(35)11-14-36-3)30-26(17-31)20(2)28(29(32-30)21-5-6-21)24-8-7-23-16-25(37-4)10-9-22(23)15-24/h7-10,15-16,19,21H,5-6,11-14,18H2,1-4H3/t19-/m1/s1. The van der Waals surface area contributed by atoms with E-state index in [0.717, 1.165) is 57.6 Å². The first kappa shape index (κ1) is 25.0. The van der Waals surface area contributed by atoms with Gasteiger partial charge in [-0.05, 0) is 66.8 Å². The summed E-state index contributed by atoms with van der Waals surface area (Å²) in [7, 11) is 3.29. The maximum atomic E-state index is 12.6. The number of rotatable bonds is 7. The van der Waals surface area contributed by atoms with Gasteiger partial charge >= 0.3 is 0 Å². The van der Waals surface area contributed by atoms with Gasteiger partial charge < -0.3 is 19.3 Å². The third-order valence-corrected chi connectivity index (χ3v) is 7.64. The van der Waals surface area contributed by atoms with E-state index in [1.807, 2.05) is 17.0 Å². The van der Waals surface area contributed by atoms with Crippen LogP contribution in [0.1, 0.15) is 48.9 Å². The van der Waals surface area contributed by atoms with Crippen LogP contribution in [0.2, 0.25) is 0 Å². The van der Waals surface area contributed by atoms with E-state index in [9.17, 15) is 10.1 Å². The number of nitrogens with zero attached hydrogens (tertiary/aromatic N) is 4. The van der Waals surface area contributed by atoms with Gasteiger partial charge in [-0.25, -0.2) is 4.98 Å². The summed E-state index contributed by atoms with van der Waals surface area (Å²) in [6.45, 7) is 6.48. The van der Waals surface area contributed by atoms with E-state index in [-0.39, 0.29) is 11.9 Å². The van der Waals surface area contributed by atoms with Crippen molar-refractivity contribution in [1.82, 2.24) is 9.88 Å².